The minimum atomic E-state index is -0.258. The second-order valence-corrected chi connectivity index (χ2v) is 6.06. The second-order valence-electron chi connectivity index (χ2n) is 6.06. The average molecular weight is 290 g/mol. The van der Waals surface area contributed by atoms with Gasteiger partial charge in [-0.15, -0.1) is 0 Å². The van der Waals surface area contributed by atoms with Crippen LogP contribution in [0.1, 0.15) is 18.2 Å². The van der Waals surface area contributed by atoms with Crippen LogP contribution in [0.25, 0.3) is 22.1 Å². The highest BCUT2D eigenvalue weighted by Gasteiger charge is 2.32. The number of aryl methyl sites for hydroxylation is 1. The van der Waals surface area contributed by atoms with Crippen LogP contribution in [0.3, 0.4) is 0 Å². The van der Waals surface area contributed by atoms with Crippen LogP contribution in [-0.4, -0.2) is 16.9 Å². The van der Waals surface area contributed by atoms with Crippen molar-refractivity contribution in [1.82, 2.24) is 9.88 Å². The first-order chi connectivity index (χ1) is 10.6. The number of likely N-dealkylation sites (N-methyl/N-ethyl adjacent to an activating group) is 1. The molecule has 0 saturated heterocycles. The first-order valence-corrected chi connectivity index (χ1v) is 7.48. The number of pyridine rings is 1. The van der Waals surface area contributed by atoms with E-state index in [4.69, 9.17) is 9.40 Å². The normalized spacial score (nSPS) is 21.1. The van der Waals surface area contributed by atoms with Gasteiger partial charge in [-0.3, -0.25) is 0 Å². The molecule has 0 spiro atoms. The van der Waals surface area contributed by atoms with E-state index in [9.17, 15) is 0 Å². The van der Waals surface area contributed by atoms with Gasteiger partial charge in [0, 0.05) is 17.8 Å². The third-order valence-corrected chi connectivity index (χ3v) is 4.62. The lowest BCUT2D eigenvalue weighted by Gasteiger charge is -2.37. The summed E-state index contributed by atoms with van der Waals surface area (Å²) in [7, 11) is 2.07. The molecule has 1 aromatic carbocycles. The average Bonchev–Trinajstić information content (AvgIpc) is 2.87. The highest BCUT2D eigenvalue weighted by Crippen LogP contribution is 2.36. The highest BCUT2D eigenvalue weighted by atomic mass is 16.3. The molecule has 0 fully saturated rings. The Morgan fingerprint density at radius 3 is 2.77 bits per heavy atom. The summed E-state index contributed by atoms with van der Waals surface area (Å²) in [6, 6.07) is 10.3. The van der Waals surface area contributed by atoms with E-state index >= 15 is 0 Å². The summed E-state index contributed by atoms with van der Waals surface area (Å²) in [5.74, 6) is 0. The molecule has 3 aromatic rings. The molecule has 4 rings (SSSR count). The van der Waals surface area contributed by atoms with Gasteiger partial charge in [0.25, 0.3) is 0 Å². The predicted molar refractivity (Wildman–Crippen MR) is 89.6 cm³/mol. The molecule has 0 radical (unpaired) electrons. The maximum absolute atomic E-state index is 5.95. The quantitative estimate of drug-likeness (QED) is 0.660. The van der Waals surface area contributed by atoms with Crippen LogP contribution in [0, 0.1) is 6.92 Å². The Balaban J connectivity index is 2.00. The lowest BCUT2D eigenvalue weighted by atomic mass is 9.90. The van der Waals surface area contributed by atoms with Crippen molar-refractivity contribution >= 4 is 22.1 Å². The topological polar surface area (TPSA) is 29.3 Å². The zero-order chi connectivity index (χ0) is 15.3. The summed E-state index contributed by atoms with van der Waals surface area (Å²) in [6.45, 7) is 4.30. The first kappa shape index (κ1) is 13.1. The van der Waals surface area contributed by atoms with Gasteiger partial charge in [-0.1, -0.05) is 30.4 Å². The lowest BCUT2D eigenvalue weighted by Crippen LogP contribution is -2.38. The van der Waals surface area contributed by atoms with Crippen LogP contribution in [-0.2, 0) is 5.54 Å². The van der Waals surface area contributed by atoms with Gasteiger partial charge >= 0.3 is 0 Å². The van der Waals surface area contributed by atoms with Gasteiger partial charge in [-0.05, 0) is 43.8 Å². The summed E-state index contributed by atoms with van der Waals surface area (Å²) < 4.78 is 5.95. The van der Waals surface area contributed by atoms with E-state index in [1.54, 1.807) is 0 Å². The third-order valence-electron chi connectivity index (χ3n) is 4.62. The zero-order valence-electron chi connectivity index (χ0n) is 13.0. The van der Waals surface area contributed by atoms with Crippen molar-refractivity contribution in [2.75, 3.05) is 7.05 Å². The van der Waals surface area contributed by atoms with Gasteiger partial charge in [0.2, 0.25) is 5.71 Å². The van der Waals surface area contributed by atoms with Crippen LogP contribution >= 0.6 is 0 Å². The summed E-state index contributed by atoms with van der Waals surface area (Å²) in [5, 5.41) is 2.20. The zero-order valence-corrected chi connectivity index (χ0v) is 13.0. The van der Waals surface area contributed by atoms with Crippen molar-refractivity contribution in [1.29, 1.82) is 0 Å². The van der Waals surface area contributed by atoms with Crippen LogP contribution in [0.4, 0.5) is 0 Å². The van der Waals surface area contributed by atoms with Crippen molar-refractivity contribution in [2.45, 2.75) is 19.4 Å². The number of fused-ring (bicyclic) bond motifs is 3. The van der Waals surface area contributed by atoms with Crippen molar-refractivity contribution in [3.63, 3.8) is 0 Å². The van der Waals surface area contributed by atoms with Gasteiger partial charge in [0.1, 0.15) is 5.58 Å². The smallest absolute Gasteiger partial charge is 0.227 e. The largest absolute Gasteiger partial charge is 0.438 e. The van der Waals surface area contributed by atoms with E-state index in [1.165, 1.54) is 5.56 Å². The monoisotopic (exact) mass is 290 g/mol. The number of hydrogen-bond acceptors (Lipinski definition) is 3. The molecule has 0 N–H and O–H groups in total. The molecule has 110 valence electrons. The Labute approximate surface area is 129 Å². The van der Waals surface area contributed by atoms with Crippen molar-refractivity contribution in [2.24, 2.45) is 0 Å². The first-order valence-electron chi connectivity index (χ1n) is 7.48. The van der Waals surface area contributed by atoms with E-state index in [2.05, 4.69) is 56.3 Å². The van der Waals surface area contributed by atoms with Crippen LogP contribution < -0.4 is 0 Å². The summed E-state index contributed by atoms with van der Waals surface area (Å²) in [6.07, 6.45) is 8.36. The van der Waals surface area contributed by atoms with Gasteiger partial charge in [0.05, 0.1) is 11.2 Å². The number of aromatic nitrogens is 1. The number of benzene rings is 1. The Morgan fingerprint density at radius 2 is 1.95 bits per heavy atom. The molecule has 0 amide bonds. The van der Waals surface area contributed by atoms with E-state index in [-0.39, 0.29) is 5.54 Å². The number of hydrogen-bond donors (Lipinski definition) is 0. The predicted octanol–water partition coefficient (Wildman–Crippen LogP) is 4.52. The summed E-state index contributed by atoms with van der Waals surface area (Å²) in [5.41, 5.74) is 3.54. The Morgan fingerprint density at radius 1 is 1.14 bits per heavy atom. The van der Waals surface area contributed by atoms with Crippen molar-refractivity contribution in [3.05, 3.63) is 66.0 Å². The standard InChI is InChI=1S/C19H18N2O/c1-13-12-15-14-8-4-5-9-16(14)22-18(15)20-17(13)19(2)10-6-7-11-21(19)3/h4-12H,1-3H3. The molecule has 1 atom stereocenters. The molecule has 1 aliphatic rings. The minimum absolute atomic E-state index is 0.258. The lowest BCUT2D eigenvalue weighted by molar-refractivity contribution is 0.254. The number of rotatable bonds is 1. The van der Waals surface area contributed by atoms with Crippen LogP contribution in [0.5, 0.6) is 0 Å². The van der Waals surface area contributed by atoms with Gasteiger partial charge < -0.3 is 9.32 Å². The second kappa shape index (κ2) is 4.47. The molecule has 2 aromatic heterocycles. The molecular weight excluding hydrogens is 272 g/mol. The molecular formula is C19H18N2O. The Kier molecular flexibility index (Phi) is 2.67. The fraction of sp³-hybridized carbons (Fsp3) is 0.211. The number of furan rings is 1. The number of para-hydroxylation sites is 1. The molecule has 0 bridgehead atoms. The maximum atomic E-state index is 5.95. The Hall–Kier alpha value is -2.55. The van der Waals surface area contributed by atoms with E-state index < -0.39 is 0 Å². The molecule has 1 unspecified atom stereocenters. The number of allylic oxidation sites excluding steroid dienone is 2. The SMILES string of the molecule is Cc1cc2c(nc1C1(C)C=CC=CN1C)oc1ccccc12. The Bertz CT molecular complexity index is 935. The van der Waals surface area contributed by atoms with E-state index in [0.717, 1.165) is 22.0 Å². The maximum Gasteiger partial charge on any atom is 0.227 e. The molecule has 0 aliphatic carbocycles. The highest BCUT2D eigenvalue weighted by molar-refractivity contribution is 6.03. The minimum Gasteiger partial charge on any atom is -0.438 e. The molecule has 1 aliphatic heterocycles. The van der Waals surface area contributed by atoms with Crippen LogP contribution in [0.15, 0.2) is 59.2 Å². The fourth-order valence-electron chi connectivity index (χ4n) is 3.20. The molecule has 3 heterocycles. The van der Waals surface area contributed by atoms with Crippen molar-refractivity contribution in [3.8, 4) is 0 Å². The molecule has 22 heavy (non-hydrogen) atoms. The van der Waals surface area contributed by atoms with Gasteiger partial charge in [-0.2, -0.15) is 0 Å². The molecule has 3 heteroatoms. The summed E-state index contributed by atoms with van der Waals surface area (Å²) in [4.78, 5) is 7.04. The van der Waals surface area contributed by atoms with E-state index in [1.807, 2.05) is 24.3 Å². The summed E-state index contributed by atoms with van der Waals surface area (Å²) >= 11 is 0. The van der Waals surface area contributed by atoms with Crippen molar-refractivity contribution < 1.29 is 4.42 Å². The molecule has 0 saturated carbocycles. The fourth-order valence-corrected chi connectivity index (χ4v) is 3.20. The van der Waals surface area contributed by atoms with Gasteiger partial charge in [-0.25, -0.2) is 4.98 Å². The van der Waals surface area contributed by atoms with Crippen LogP contribution in [0.2, 0.25) is 0 Å². The molecule has 3 nitrogen and oxygen atoms in total. The number of nitrogens with zero attached hydrogens (tertiary/aromatic N) is 2. The van der Waals surface area contributed by atoms with E-state index in [0.29, 0.717) is 5.71 Å². The van der Waals surface area contributed by atoms with Gasteiger partial charge in [0.15, 0.2) is 0 Å². The third kappa shape index (κ3) is 1.72.